The summed E-state index contributed by atoms with van der Waals surface area (Å²) in [6, 6.07) is 14.3. The molecule has 1 heterocycles. The number of rotatable bonds is 6. The second-order valence-corrected chi connectivity index (χ2v) is 7.78. The highest BCUT2D eigenvalue weighted by Crippen LogP contribution is 2.33. The minimum Gasteiger partial charge on any atom is -0.341 e. The van der Waals surface area contributed by atoms with Crippen molar-refractivity contribution >= 4 is 33.5 Å². The highest BCUT2D eigenvalue weighted by molar-refractivity contribution is 6.12. The summed E-state index contributed by atoms with van der Waals surface area (Å²) in [5.41, 5.74) is 4.68. The van der Waals surface area contributed by atoms with E-state index >= 15 is 0 Å². The smallest absolute Gasteiger partial charge is 0.331 e. The van der Waals surface area contributed by atoms with Gasteiger partial charge in [-0.15, -0.1) is 0 Å². The van der Waals surface area contributed by atoms with E-state index in [0.29, 0.717) is 5.56 Å². The Kier molecular flexibility index (Phi) is 5.35. The number of oxime groups is 1. The van der Waals surface area contributed by atoms with Crippen molar-refractivity contribution in [2.75, 3.05) is 0 Å². The Morgan fingerprint density at radius 3 is 2.55 bits per heavy atom. The number of aromatic nitrogens is 1. The lowest BCUT2D eigenvalue weighted by Crippen LogP contribution is -2.14. The first-order chi connectivity index (χ1) is 14.1. The number of fused-ring (bicyclic) bond motifs is 3. The molecule has 0 atom stereocenters. The van der Waals surface area contributed by atoms with E-state index in [1.54, 1.807) is 0 Å². The second kappa shape index (κ2) is 8.08. The molecule has 1 aliphatic carbocycles. The molecule has 5 nitrogen and oxygen atoms in total. The van der Waals surface area contributed by atoms with Crippen molar-refractivity contribution in [2.45, 2.75) is 52.5 Å². The summed E-state index contributed by atoms with van der Waals surface area (Å²) < 4.78 is 2.26. The van der Waals surface area contributed by atoms with Gasteiger partial charge in [0.1, 0.15) is 0 Å². The molecule has 4 rings (SSSR count). The molecule has 0 saturated heterocycles. The predicted octanol–water partition coefficient (Wildman–Crippen LogP) is 5.53. The Morgan fingerprint density at radius 2 is 1.93 bits per heavy atom. The number of carbonyl (C=O) groups excluding carboxylic acids is 1. The van der Waals surface area contributed by atoms with Gasteiger partial charge in [0.2, 0.25) is 0 Å². The molecule has 0 bridgehead atoms. The number of hydrogen-bond acceptors (Lipinski definition) is 4. The van der Waals surface area contributed by atoms with Crippen molar-refractivity contribution in [3.63, 3.8) is 0 Å². The summed E-state index contributed by atoms with van der Waals surface area (Å²) in [6.07, 6.45) is 5.72. The van der Waals surface area contributed by atoms with Crippen LogP contribution in [-0.4, -0.2) is 16.2 Å². The van der Waals surface area contributed by atoms with Crippen LogP contribution >= 0.6 is 0 Å². The van der Waals surface area contributed by atoms with E-state index in [2.05, 4.69) is 40.9 Å². The van der Waals surface area contributed by atoms with E-state index in [9.17, 15) is 10.1 Å². The third-order valence-electron chi connectivity index (χ3n) is 5.94. The van der Waals surface area contributed by atoms with Gasteiger partial charge in [0.25, 0.3) is 0 Å². The number of aryl methyl sites for hydroxylation is 1. The molecule has 0 aliphatic heterocycles. The van der Waals surface area contributed by atoms with Gasteiger partial charge < -0.3 is 9.40 Å². The normalized spacial score (nSPS) is 14.7. The maximum absolute atomic E-state index is 11.3. The molecular formula is C24H25N3O2. The average Bonchev–Trinajstić information content (AvgIpc) is 3.01. The highest BCUT2D eigenvalue weighted by atomic mass is 16.7. The maximum atomic E-state index is 11.3. The Balaban J connectivity index is 1.80. The Bertz CT molecular complexity index is 1150. The number of benzene rings is 2. The Morgan fingerprint density at radius 1 is 1.21 bits per heavy atom. The molecule has 148 valence electrons. The Labute approximate surface area is 170 Å². The van der Waals surface area contributed by atoms with Gasteiger partial charge in [-0.1, -0.05) is 30.5 Å². The van der Waals surface area contributed by atoms with Crippen LogP contribution in [0.5, 0.6) is 0 Å². The van der Waals surface area contributed by atoms with E-state index in [4.69, 9.17) is 4.84 Å². The third kappa shape index (κ3) is 3.75. The fraction of sp³-hybridized carbons (Fsp3) is 0.375. The SMILES string of the molecule is CCn1c2ccc(C#N)cc2c2cc(/C(CCC3CCC3)=N/OC(C)=O)ccc21. The first-order valence-electron chi connectivity index (χ1n) is 10.3. The van der Waals surface area contributed by atoms with Gasteiger partial charge >= 0.3 is 5.97 Å². The summed E-state index contributed by atoms with van der Waals surface area (Å²) in [4.78, 5) is 16.3. The fourth-order valence-electron chi connectivity index (χ4n) is 4.18. The lowest BCUT2D eigenvalue weighted by Gasteiger charge is -2.25. The molecule has 3 aromatic rings. The number of hydrogen-bond donors (Lipinski definition) is 0. The van der Waals surface area contributed by atoms with Crippen molar-refractivity contribution < 1.29 is 9.63 Å². The number of carbonyl (C=O) groups is 1. The standard InChI is InChI=1S/C24H25N3O2/c1-3-27-23-11-8-18(15-25)13-20(23)21-14-19(9-12-24(21)27)22(26-29-16(2)28)10-7-17-5-4-6-17/h8-9,11-14,17H,3-7,10H2,1-2H3/b26-22+. The van der Waals surface area contributed by atoms with E-state index in [1.807, 2.05) is 18.2 Å². The van der Waals surface area contributed by atoms with Gasteiger partial charge in [-0.2, -0.15) is 5.26 Å². The van der Waals surface area contributed by atoms with Crippen LogP contribution in [0.15, 0.2) is 41.6 Å². The van der Waals surface area contributed by atoms with Crippen LogP contribution in [0.25, 0.3) is 21.8 Å². The molecule has 0 unspecified atom stereocenters. The van der Waals surface area contributed by atoms with Crippen molar-refractivity contribution in [3.8, 4) is 6.07 Å². The summed E-state index contributed by atoms with van der Waals surface area (Å²) >= 11 is 0. The van der Waals surface area contributed by atoms with Crippen LogP contribution in [0.2, 0.25) is 0 Å². The summed E-state index contributed by atoms with van der Waals surface area (Å²) in [6.45, 7) is 4.34. The topological polar surface area (TPSA) is 67.4 Å². The van der Waals surface area contributed by atoms with Crippen LogP contribution in [0.1, 0.15) is 57.1 Å². The first-order valence-corrected chi connectivity index (χ1v) is 10.3. The minimum absolute atomic E-state index is 0.409. The minimum atomic E-state index is -0.409. The van der Waals surface area contributed by atoms with Crippen molar-refractivity contribution in [1.29, 1.82) is 5.26 Å². The molecule has 29 heavy (non-hydrogen) atoms. The van der Waals surface area contributed by atoms with Gasteiger partial charge in [0, 0.05) is 40.8 Å². The quantitative estimate of drug-likeness (QED) is 0.317. The fourth-order valence-corrected chi connectivity index (χ4v) is 4.18. The number of nitrogens with zero attached hydrogens (tertiary/aromatic N) is 3. The molecule has 5 heteroatoms. The van der Waals surface area contributed by atoms with Crippen LogP contribution < -0.4 is 0 Å². The lowest BCUT2D eigenvalue weighted by atomic mass is 9.81. The molecular weight excluding hydrogens is 362 g/mol. The van der Waals surface area contributed by atoms with Crippen LogP contribution in [0, 0.1) is 17.2 Å². The zero-order valence-corrected chi connectivity index (χ0v) is 16.9. The van der Waals surface area contributed by atoms with Crippen LogP contribution in [-0.2, 0) is 16.2 Å². The van der Waals surface area contributed by atoms with E-state index in [0.717, 1.165) is 58.4 Å². The Hall–Kier alpha value is -3.13. The molecule has 2 aromatic carbocycles. The van der Waals surface area contributed by atoms with E-state index < -0.39 is 5.97 Å². The summed E-state index contributed by atoms with van der Waals surface area (Å²) in [7, 11) is 0. The maximum Gasteiger partial charge on any atom is 0.331 e. The highest BCUT2D eigenvalue weighted by Gasteiger charge is 2.19. The monoisotopic (exact) mass is 387 g/mol. The van der Waals surface area contributed by atoms with Crippen LogP contribution in [0.3, 0.4) is 0 Å². The number of nitriles is 1. The lowest BCUT2D eigenvalue weighted by molar-refractivity contribution is -0.140. The molecule has 0 amide bonds. The molecule has 0 spiro atoms. The van der Waals surface area contributed by atoms with Gasteiger partial charge in [-0.3, -0.25) is 0 Å². The second-order valence-electron chi connectivity index (χ2n) is 7.78. The third-order valence-corrected chi connectivity index (χ3v) is 5.94. The summed E-state index contributed by atoms with van der Waals surface area (Å²) in [5.74, 6) is 0.343. The van der Waals surface area contributed by atoms with Crippen molar-refractivity contribution in [3.05, 3.63) is 47.5 Å². The molecule has 0 radical (unpaired) electrons. The van der Waals surface area contributed by atoms with Gasteiger partial charge in [-0.25, -0.2) is 4.79 Å². The summed E-state index contributed by atoms with van der Waals surface area (Å²) in [5, 5.41) is 15.7. The first kappa shape index (κ1) is 19.2. The van der Waals surface area contributed by atoms with Crippen molar-refractivity contribution in [2.24, 2.45) is 11.1 Å². The molecule has 1 saturated carbocycles. The molecule has 1 fully saturated rings. The van der Waals surface area contributed by atoms with E-state index in [-0.39, 0.29) is 0 Å². The molecule has 0 N–H and O–H groups in total. The average molecular weight is 387 g/mol. The van der Waals surface area contributed by atoms with Gasteiger partial charge in [-0.05, 0) is 56.0 Å². The predicted molar refractivity (Wildman–Crippen MR) is 115 cm³/mol. The van der Waals surface area contributed by atoms with Gasteiger partial charge in [0.15, 0.2) is 0 Å². The van der Waals surface area contributed by atoms with E-state index in [1.165, 1.54) is 26.2 Å². The molecule has 1 aliphatic rings. The van der Waals surface area contributed by atoms with Gasteiger partial charge in [0.05, 0.1) is 17.3 Å². The van der Waals surface area contributed by atoms with Crippen LogP contribution in [0.4, 0.5) is 0 Å². The van der Waals surface area contributed by atoms with Crippen molar-refractivity contribution in [1.82, 2.24) is 4.57 Å². The molecule has 1 aromatic heterocycles. The zero-order valence-electron chi connectivity index (χ0n) is 16.9. The zero-order chi connectivity index (χ0) is 20.4. The largest absolute Gasteiger partial charge is 0.341 e.